The summed E-state index contributed by atoms with van der Waals surface area (Å²) in [6.45, 7) is 0.0899. The summed E-state index contributed by atoms with van der Waals surface area (Å²) in [4.78, 5) is 12.3. The monoisotopic (exact) mass is 385 g/mol. The molecule has 5 atom stereocenters. The lowest BCUT2D eigenvalue weighted by Gasteiger charge is -2.36. The van der Waals surface area contributed by atoms with Crippen molar-refractivity contribution in [1.82, 2.24) is 19.5 Å². The van der Waals surface area contributed by atoms with E-state index in [0.717, 1.165) is 0 Å². The molecular weight excluding hydrogens is 373 g/mol. The topological polar surface area (TPSA) is 138 Å². The lowest BCUT2D eigenvalue weighted by Crippen LogP contribution is -2.53. The number of nitrogens with zero attached hydrogens (tertiary/aromatic N) is 4. The third-order valence-corrected chi connectivity index (χ3v) is 4.46. The number of imidazole rings is 1. The van der Waals surface area contributed by atoms with Crippen LogP contribution in [0, 0.1) is 0 Å². The molecule has 23 heavy (non-hydrogen) atoms. The normalized spacial score (nSPS) is 37.2. The molecule has 2 saturated heterocycles. The van der Waals surface area contributed by atoms with Crippen LogP contribution in [-0.4, -0.2) is 68.4 Å². The summed E-state index contributed by atoms with van der Waals surface area (Å²) in [6.07, 6.45) is -1.84. The second-order valence-electron chi connectivity index (χ2n) is 5.53. The van der Waals surface area contributed by atoms with Crippen LogP contribution in [0.3, 0.4) is 0 Å². The van der Waals surface area contributed by atoms with Crippen molar-refractivity contribution in [3.05, 3.63) is 11.1 Å². The first-order valence-electron chi connectivity index (χ1n) is 6.89. The summed E-state index contributed by atoms with van der Waals surface area (Å²) < 4.78 is 18.3. The van der Waals surface area contributed by atoms with Crippen molar-refractivity contribution in [2.75, 3.05) is 12.3 Å². The van der Waals surface area contributed by atoms with E-state index in [1.54, 1.807) is 4.57 Å². The van der Waals surface area contributed by atoms with Gasteiger partial charge in [-0.1, -0.05) is 0 Å². The second-order valence-corrected chi connectivity index (χ2v) is 6.24. The number of aliphatic hydroxyl groups is 2. The van der Waals surface area contributed by atoms with E-state index in [0.29, 0.717) is 15.9 Å². The van der Waals surface area contributed by atoms with Gasteiger partial charge < -0.3 is 30.2 Å². The molecular formula is C11H13BBrN5O5. The van der Waals surface area contributed by atoms with Crippen LogP contribution in [0.15, 0.2) is 11.1 Å². The van der Waals surface area contributed by atoms with E-state index < -0.39 is 30.4 Å². The lowest BCUT2D eigenvalue weighted by molar-refractivity contribution is -0.364. The molecule has 3 unspecified atom stereocenters. The van der Waals surface area contributed by atoms with Crippen LogP contribution in [0.25, 0.3) is 11.2 Å². The summed E-state index contributed by atoms with van der Waals surface area (Å²) >= 11 is 3.32. The Balaban J connectivity index is 1.75. The standard InChI is InChI=1S/C11H13BBrN5O5/c12-11(20)21-1-3-6(23-11)5(19)9(22-3)18-8-4(17-10(18)13)7(14)15-2-16-8/h2-3,5-6,9,19-20H,1,12H2,(H2,14,15,16)/t3?,5?,6-,9-,11?/m1/s1. The average Bonchev–Trinajstić information content (AvgIpc) is 2.97. The zero-order chi connectivity index (χ0) is 16.4. The highest BCUT2D eigenvalue weighted by molar-refractivity contribution is 9.10. The third-order valence-electron chi connectivity index (χ3n) is 3.90. The minimum absolute atomic E-state index is 0.0899. The van der Waals surface area contributed by atoms with E-state index in [4.69, 9.17) is 19.9 Å². The van der Waals surface area contributed by atoms with E-state index in [9.17, 15) is 10.2 Å². The number of anilines is 1. The van der Waals surface area contributed by atoms with Crippen molar-refractivity contribution in [2.45, 2.75) is 30.4 Å². The molecule has 2 aromatic rings. The summed E-state index contributed by atoms with van der Waals surface area (Å²) in [5.41, 5.74) is 6.61. The molecule has 0 radical (unpaired) electrons. The Bertz CT molecular complexity index is 773. The molecule has 122 valence electrons. The number of aromatic nitrogens is 4. The summed E-state index contributed by atoms with van der Waals surface area (Å²) in [5.74, 6) is -1.54. The van der Waals surface area contributed by atoms with Crippen LogP contribution in [0.5, 0.6) is 0 Å². The Morgan fingerprint density at radius 3 is 3.04 bits per heavy atom. The minimum atomic E-state index is -1.76. The van der Waals surface area contributed by atoms with Gasteiger partial charge in [0, 0.05) is 0 Å². The maximum atomic E-state index is 10.6. The molecule has 4 N–H and O–H groups in total. The van der Waals surface area contributed by atoms with E-state index >= 15 is 0 Å². The molecule has 2 aromatic heterocycles. The van der Waals surface area contributed by atoms with Crippen molar-refractivity contribution < 1.29 is 24.4 Å². The Hall–Kier alpha value is -1.31. The predicted octanol–water partition coefficient (Wildman–Crippen LogP) is -1.92. The largest absolute Gasteiger partial charge is 0.386 e. The maximum Gasteiger partial charge on any atom is 0.228 e. The molecule has 10 nitrogen and oxygen atoms in total. The van der Waals surface area contributed by atoms with Crippen molar-refractivity contribution in [1.29, 1.82) is 0 Å². The third kappa shape index (κ3) is 2.33. The fraction of sp³-hybridized carbons (Fsp3) is 0.545. The SMILES string of the molecule is BC1(O)OCC2O[C@@H](n3c(Br)nc4c(N)ncnc43)C(O)[C@@H]2O1. The van der Waals surface area contributed by atoms with Gasteiger partial charge in [-0.3, -0.25) is 4.57 Å². The van der Waals surface area contributed by atoms with Crippen LogP contribution in [0.4, 0.5) is 5.82 Å². The van der Waals surface area contributed by atoms with Crippen molar-refractivity contribution >= 4 is 40.8 Å². The van der Waals surface area contributed by atoms with Gasteiger partial charge in [-0.25, -0.2) is 15.0 Å². The summed E-state index contributed by atoms with van der Waals surface area (Å²) in [7, 11) is 1.36. The van der Waals surface area contributed by atoms with Gasteiger partial charge in [-0.05, 0) is 15.9 Å². The van der Waals surface area contributed by atoms with Gasteiger partial charge in [-0.2, -0.15) is 0 Å². The van der Waals surface area contributed by atoms with Crippen LogP contribution in [-0.2, 0) is 14.2 Å². The van der Waals surface area contributed by atoms with E-state index in [1.165, 1.54) is 14.2 Å². The molecule has 2 fully saturated rings. The number of nitrogen functional groups attached to an aromatic ring is 1. The van der Waals surface area contributed by atoms with Crippen LogP contribution in [0.1, 0.15) is 6.23 Å². The highest BCUT2D eigenvalue weighted by atomic mass is 79.9. The number of hydrogen-bond donors (Lipinski definition) is 3. The summed E-state index contributed by atoms with van der Waals surface area (Å²) in [6, 6.07) is 0. The van der Waals surface area contributed by atoms with Crippen molar-refractivity contribution in [3.8, 4) is 0 Å². The van der Waals surface area contributed by atoms with Gasteiger partial charge in [0.2, 0.25) is 13.7 Å². The first-order chi connectivity index (χ1) is 10.9. The quantitative estimate of drug-likeness (QED) is 0.378. The Morgan fingerprint density at radius 2 is 2.26 bits per heavy atom. The first-order valence-corrected chi connectivity index (χ1v) is 7.68. The fourth-order valence-electron chi connectivity index (χ4n) is 2.86. The van der Waals surface area contributed by atoms with Crippen LogP contribution < -0.4 is 5.73 Å². The average molecular weight is 386 g/mol. The maximum absolute atomic E-state index is 10.6. The Kier molecular flexibility index (Phi) is 3.37. The number of ether oxygens (including phenoxy) is 3. The van der Waals surface area contributed by atoms with E-state index in [1.807, 2.05) is 0 Å². The van der Waals surface area contributed by atoms with Crippen LogP contribution >= 0.6 is 15.9 Å². The zero-order valence-electron chi connectivity index (χ0n) is 12.0. The number of aliphatic hydroxyl groups excluding tert-OH is 1. The van der Waals surface area contributed by atoms with Gasteiger partial charge in [0.25, 0.3) is 0 Å². The fourth-order valence-corrected chi connectivity index (χ4v) is 3.41. The minimum Gasteiger partial charge on any atom is -0.386 e. The second kappa shape index (κ2) is 5.09. The van der Waals surface area contributed by atoms with Crippen LogP contribution in [0.2, 0.25) is 0 Å². The number of halogens is 1. The molecule has 2 aliphatic rings. The van der Waals surface area contributed by atoms with Gasteiger partial charge >= 0.3 is 0 Å². The molecule has 4 rings (SSSR count). The molecule has 0 spiro atoms. The molecule has 4 heterocycles. The molecule has 0 aliphatic carbocycles. The molecule has 2 aliphatic heterocycles. The lowest BCUT2D eigenvalue weighted by atomic mass is 10.0. The first kappa shape index (κ1) is 15.2. The highest BCUT2D eigenvalue weighted by Gasteiger charge is 2.52. The zero-order valence-corrected chi connectivity index (χ0v) is 13.5. The van der Waals surface area contributed by atoms with E-state index in [-0.39, 0.29) is 12.4 Å². The van der Waals surface area contributed by atoms with Gasteiger partial charge in [0.1, 0.15) is 24.6 Å². The number of nitrogens with two attached hydrogens (primary N) is 1. The molecule has 0 bridgehead atoms. The number of rotatable bonds is 1. The molecule has 0 saturated carbocycles. The number of fused-ring (bicyclic) bond motifs is 2. The number of hydrogen-bond acceptors (Lipinski definition) is 9. The molecule has 12 heteroatoms. The smallest absolute Gasteiger partial charge is 0.228 e. The summed E-state index contributed by atoms with van der Waals surface area (Å²) in [5, 5.41) is 20.4. The Morgan fingerprint density at radius 1 is 1.48 bits per heavy atom. The van der Waals surface area contributed by atoms with E-state index in [2.05, 4.69) is 30.9 Å². The van der Waals surface area contributed by atoms with Gasteiger partial charge in [0.05, 0.1) is 6.61 Å². The van der Waals surface area contributed by atoms with Gasteiger partial charge in [-0.15, -0.1) is 0 Å². The van der Waals surface area contributed by atoms with Crippen molar-refractivity contribution in [2.24, 2.45) is 0 Å². The molecule has 0 amide bonds. The predicted molar refractivity (Wildman–Crippen MR) is 81.7 cm³/mol. The Labute approximate surface area is 139 Å². The molecule has 0 aromatic carbocycles. The van der Waals surface area contributed by atoms with Crippen molar-refractivity contribution in [3.63, 3.8) is 0 Å². The highest BCUT2D eigenvalue weighted by Crippen LogP contribution is 2.39. The van der Waals surface area contributed by atoms with Gasteiger partial charge in [0.15, 0.2) is 27.9 Å².